The van der Waals surface area contributed by atoms with E-state index < -0.39 is 0 Å². The van der Waals surface area contributed by atoms with Crippen LogP contribution in [0.15, 0.2) is 48.2 Å². The molecule has 0 saturated heterocycles. The molecule has 0 N–H and O–H groups in total. The summed E-state index contributed by atoms with van der Waals surface area (Å²) in [5, 5.41) is 0.700. The number of hydrogen-bond acceptors (Lipinski definition) is 7. The lowest BCUT2D eigenvalue weighted by Crippen LogP contribution is -2.31. The average molecular weight is 508 g/mol. The highest BCUT2D eigenvalue weighted by Gasteiger charge is 2.35. The van der Waals surface area contributed by atoms with E-state index in [1.165, 1.54) is 0 Å². The van der Waals surface area contributed by atoms with Crippen molar-refractivity contribution >= 4 is 23.5 Å². The van der Waals surface area contributed by atoms with Gasteiger partial charge in [-0.05, 0) is 60.0 Å². The standard InChI is InChI=1S/C28H26ClNO6/c1-16-9-21-20(14-30(15-35-21)13-17-5-7-19(29)8-6-17)27-25(16)26(31)22(36-27)10-18-11-23(32-2)28(34-4)24(12-18)33-3/h5-12H,13-15H2,1-4H3/b22-10-. The molecule has 0 aromatic heterocycles. The number of ketones is 1. The lowest BCUT2D eigenvalue weighted by atomic mass is 9.98. The number of benzene rings is 3. The van der Waals surface area contributed by atoms with E-state index in [1.54, 1.807) is 39.5 Å². The zero-order valence-corrected chi connectivity index (χ0v) is 21.3. The van der Waals surface area contributed by atoms with E-state index in [4.69, 9.17) is 35.3 Å². The molecule has 2 aliphatic heterocycles. The number of carbonyl (C=O) groups is 1. The minimum Gasteiger partial charge on any atom is -0.493 e. The van der Waals surface area contributed by atoms with Gasteiger partial charge in [0.05, 0.1) is 32.5 Å². The van der Waals surface area contributed by atoms with Gasteiger partial charge in [-0.2, -0.15) is 0 Å². The molecule has 3 aromatic carbocycles. The number of ether oxygens (including phenoxy) is 5. The van der Waals surface area contributed by atoms with Crippen LogP contribution in [0, 0.1) is 6.92 Å². The quantitative estimate of drug-likeness (QED) is 0.400. The van der Waals surface area contributed by atoms with Crippen molar-refractivity contribution in [3.63, 3.8) is 0 Å². The number of methoxy groups -OCH3 is 3. The molecule has 186 valence electrons. The fourth-order valence-corrected chi connectivity index (χ4v) is 4.69. The van der Waals surface area contributed by atoms with Gasteiger partial charge in [-0.25, -0.2) is 0 Å². The van der Waals surface area contributed by atoms with Crippen LogP contribution in [-0.4, -0.2) is 38.7 Å². The molecule has 0 aliphatic carbocycles. The third-order valence-corrected chi connectivity index (χ3v) is 6.54. The summed E-state index contributed by atoms with van der Waals surface area (Å²) in [6.45, 7) is 3.61. The molecule has 0 saturated carbocycles. The van der Waals surface area contributed by atoms with Crippen molar-refractivity contribution in [2.45, 2.75) is 20.0 Å². The molecule has 0 unspecified atom stereocenters. The minimum absolute atomic E-state index is 0.172. The molecule has 0 radical (unpaired) electrons. The number of carbonyl (C=O) groups excluding carboxylic acids is 1. The maximum absolute atomic E-state index is 13.4. The molecular formula is C28H26ClNO6. The summed E-state index contributed by atoms with van der Waals surface area (Å²) >= 11 is 6.02. The molecule has 2 heterocycles. The van der Waals surface area contributed by atoms with Gasteiger partial charge in [-0.15, -0.1) is 0 Å². The largest absolute Gasteiger partial charge is 0.493 e. The SMILES string of the molecule is COc1cc(/C=C2\Oc3c4c(cc(C)c3C2=O)OCN(Cc2ccc(Cl)cc2)C4)cc(OC)c1OC. The Morgan fingerprint density at radius 3 is 2.36 bits per heavy atom. The van der Waals surface area contributed by atoms with Crippen molar-refractivity contribution in [2.24, 2.45) is 0 Å². The summed E-state index contributed by atoms with van der Waals surface area (Å²) in [7, 11) is 4.64. The molecule has 5 rings (SSSR count). The Morgan fingerprint density at radius 2 is 1.72 bits per heavy atom. The van der Waals surface area contributed by atoms with Crippen molar-refractivity contribution in [3.05, 3.63) is 81.1 Å². The normalized spacial score (nSPS) is 15.7. The van der Waals surface area contributed by atoms with Gasteiger partial charge in [-0.3, -0.25) is 9.69 Å². The van der Waals surface area contributed by atoms with E-state index in [1.807, 2.05) is 37.3 Å². The van der Waals surface area contributed by atoms with Crippen molar-refractivity contribution < 1.29 is 28.5 Å². The van der Waals surface area contributed by atoms with Crippen LogP contribution >= 0.6 is 11.6 Å². The topological polar surface area (TPSA) is 66.5 Å². The number of Topliss-reactive ketones (excluding diaryl/α,β-unsaturated/α-hetero) is 1. The molecule has 3 aromatic rings. The number of aryl methyl sites for hydroxylation is 1. The maximum atomic E-state index is 13.4. The number of hydrogen-bond donors (Lipinski definition) is 0. The molecule has 0 bridgehead atoms. The molecule has 0 amide bonds. The van der Waals surface area contributed by atoms with Gasteiger partial charge >= 0.3 is 0 Å². The van der Waals surface area contributed by atoms with Crippen molar-refractivity contribution in [2.75, 3.05) is 28.1 Å². The van der Waals surface area contributed by atoms with E-state index in [0.717, 1.165) is 22.4 Å². The van der Waals surface area contributed by atoms with Crippen molar-refractivity contribution in [1.29, 1.82) is 0 Å². The van der Waals surface area contributed by atoms with E-state index in [-0.39, 0.29) is 11.5 Å². The Labute approximate surface area is 214 Å². The second kappa shape index (κ2) is 9.76. The summed E-state index contributed by atoms with van der Waals surface area (Å²) < 4.78 is 28.5. The van der Waals surface area contributed by atoms with Crippen LogP contribution in [-0.2, 0) is 13.1 Å². The van der Waals surface area contributed by atoms with Crippen LogP contribution in [0.4, 0.5) is 0 Å². The number of nitrogens with zero attached hydrogens (tertiary/aromatic N) is 1. The molecule has 8 heteroatoms. The predicted octanol–water partition coefficient (Wildman–Crippen LogP) is 5.64. The summed E-state index contributed by atoms with van der Waals surface area (Å²) in [5.41, 5.74) is 4.04. The Hall–Kier alpha value is -3.68. The number of rotatable bonds is 6. The third-order valence-electron chi connectivity index (χ3n) is 6.29. The molecule has 7 nitrogen and oxygen atoms in total. The fraction of sp³-hybridized carbons (Fsp3) is 0.250. The number of allylic oxidation sites excluding steroid dienone is 1. The molecule has 0 fully saturated rings. The van der Waals surface area contributed by atoms with Gasteiger partial charge in [0.25, 0.3) is 0 Å². The predicted molar refractivity (Wildman–Crippen MR) is 136 cm³/mol. The highest BCUT2D eigenvalue weighted by molar-refractivity contribution is 6.30. The van der Waals surface area contributed by atoms with Gasteiger partial charge in [0.15, 0.2) is 17.3 Å². The lowest BCUT2D eigenvalue weighted by molar-refractivity contribution is 0.0872. The first kappa shape index (κ1) is 24.0. The summed E-state index contributed by atoms with van der Waals surface area (Å²) in [4.78, 5) is 15.5. The first-order chi connectivity index (χ1) is 17.4. The van der Waals surface area contributed by atoms with Gasteiger partial charge in [-0.1, -0.05) is 23.7 Å². The van der Waals surface area contributed by atoms with Crippen molar-refractivity contribution in [1.82, 2.24) is 4.90 Å². The van der Waals surface area contributed by atoms with E-state index in [0.29, 0.717) is 59.0 Å². The maximum Gasteiger partial charge on any atom is 0.232 e. The Morgan fingerprint density at radius 1 is 1.03 bits per heavy atom. The van der Waals surface area contributed by atoms with Crippen LogP contribution < -0.4 is 23.7 Å². The smallest absolute Gasteiger partial charge is 0.232 e. The number of fused-ring (bicyclic) bond motifs is 3. The molecule has 2 aliphatic rings. The van der Waals surface area contributed by atoms with Crippen molar-refractivity contribution in [3.8, 4) is 28.7 Å². The summed E-state index contributed by atoms with van der Waals surface area (Å²) in [5.74, 6) is 2.80. The Balaban J connectivity index is 1.47. The van der Waals surface area contributed by atoms with Crippen LogP contribution in [0.25, 0.3) is 6.08 Å². The molecular weight excluding hydrogens is 482 g/mol. The van der Waals surface area contributed by atoms with Gasteiger partial charge in [0, 0.05) is 18.1 Å². The minimum atomic E-state index is -0.172. The second-order valence-electron chi connectivity index (χ2n) is 8.66. The highest BCUT2D eigenvalue weighted by atomic mass is 35.5. The summed E-state index contributed by atoms with van der Waals surface area (Å²) in [6.07, 6.45) is 1.69. The zero-order valence-electron chi connectivity index (χ0n) is 20.5. The average Bonchev–Trinajstić information content (AvgIpc) is 3.21. The fourth-order valence-electron chi connectivity index (χ4n) is 4.56. The Bertz CT molecular complexity index is 1340. The van der Waals surface area contributed by atoms with Crippen LogP contribution in [0.2, 0.25) is 5.02 Å². The van der Waals surface area contributed by atoms with Gasteiger partial charge in [0.2, 0.25) is 11.5 Å². The van der Waals surface area contributed by atoms with Crippen LogP contribution in [0.5, 0.6) is 28.7 Å². The van der Waals surface area contributed by atoms with Crippen LogP contribution in [0.1, 0.15) is 32.6 Å². The van der Waals surface area contributed by atoms with E-state index in [9.17, 15) is 4.79 Å². The number of halogens is 1. The zero-order chi connectivity index (χ0) is 25.4. The van der Waals surface area contributed by atoms with Gasteiger partial charge in [0.1, 0.15) is 18.2 Å². The second-order valence-corrected chi connectivity index (χ2v) is 9.10. The monoisotopic (exact) mass is 507 g/mol. The highest BCUT2D eigenvalue weighted by Crippen LogP contribution is 2.45. The third kappa shape index (κ3) is 4.36. The van der Waals surface area contributed by atoms with E-state index in [2.05, 4.69) is 4.90 Å². The summed E-state index contributed by atoms with van der Waals surface area (Å²) in [6, 6.07) is 13.2. The lowest BCUT2D eigenvalue weighted by Gasteiger charge is -2.30. The molecule has 36 heavy (non-hydrogen) atoms. The molecule has 0 spiro atoms. The molecule has 0 atom stereocenters. The van der Waals surface area contributed by atoms with Crippen LogP contribution in [0.3, 0.4) is 0 Å². The Kier molecular flexibility index (Phi) is 6.51. The van der Waals surface area contributed by atoms with E-state index >= 15 is 0 Å². The van der Waals surface area contributed by atoms with Gasteiger partial charge < -0.3 is 23.7 Å². The first-order valence-electron chi connectivity index (χ1n) is 11.4. The first-order valence-corrected chi connectivity index (χ1v) is 11.8.